The second-order valence-electron chi connectivity index (χ2n) is 3.02. The molecule has 0 saturated carbocycles. The van der Waals surface area contributed by atoms with E-state index >= 15 is 0 Å². The fraction of sp³-hybridized carbons (Fsp3) is 0.444. The molecule has 0 amide bonds. The Morgan fingerprint density at radius 2 is 2.25 bits per heavy atom. The maximum Gasteiger partial charge on any atom is 0.203 e. The molecule has 1 aromatic heterocycles. The van der Waals surface area contributed by atoms with E-state index in [1.807, 2.05) is 17.5 Å². The fourth-order valence-corrected chi connectivity index (χ4v) is 1.61. The van der Waals surface area contributed by atoms with E-state index in [9.17, 15) is 4.79 Å². The van der Waals surface area contributed by atoms with Crippen LogP contribution in [0.25, 0.3) is 0 Å². The Labute approximate surface area is 76.2 Å². The van der Waals surface area contributed by atoms with Gasteiger partial charge in [0.15, 0.2) is 0 Å². The third-order valence-electron chi connectivity index (χ3n) is 1.80. The van der Waals surface area contributed by atoms with Crippen molar-refractivity contribution >= 4 is 17.1 Å². The second-order valence-corrected chi connectivity index (χ2v) is 3.97. The number of rotatable bonds is 3. The zero-order valence-electron chi connectivity index (χ0n) is 7.46. The van der Waals surface area contributed by atoms with Gasteiger partial charge < -0.3 is 4.74 Å². The van der Waals surface area contributed by atoms with Crippen molar-refractivity contribution in [2.75, 3.05) is 7.11 Å². The highest BCUT2D eigenvalue weighted by atomic mass is 32.1. The number of ketones is 1. The molecule has 1 rings (SSSR count). The van der Waals surface area contributed by atoms with Gasteiger partial charge in [0.05, 0.1) is 4.88 Å². The number of carbonyl (C=O) groups is 1. The van der Waals surface area contributed by atoms with Gasteiger partial charge in [-0.05, 0) is 25.3 Å². The number of carbonyl (C=O) groups excluding carboxylic acids is 1. The summed E-state index contributed by atoms with van der Waals surface area (Å²) in [7, 11) is 1.55. The van der Waals surface area contributed by atoms with Crippen LogP contribution in [-0.2, 0) is 4.74 Å². The molecule has 0 fully saturated rings. The maximum absolute atomic E-state index is 11.6. The first-order valence-electron chi connectivity index (χ1n) is 3.71. The van der Waals surface area contributed by atoms with E-state index in [-0.39, 0.29) is 5.78 Å². The summed E-state index contributed by atoms with van der Waals surface area (Å²) in [4.78, 5) is 12.4. The van der Waals surface area contributed by atoms with Crippen LogP contribution in [-0.4, -0.2) is 18.5 Å². The van der Waals surface area contributed by atoms with Crippen molar-refractivity contribution in [1.82, 2.24) is 0 Å². The molecule has 0 atom stereocenters. The molecular weight excluding hydrogens is 172 g/mol. The minimum absolute atomic E-state index is 0.0417. The van der Waals surface area contributed by atoms with Gasteiger partial charge in [0.25, 0.3) is 0 Å². The van der Waals surface area contributed by atoms with E-state index in [4.69, 9.17) is 4.74 Å². The molecule has 0 bridgehead atoms. The molecule has 0 saturated heterocycles. The standard InChI is InChI=1S/C9H12O2S/c1-9(2,11-3)8(10)7-5-4-6-12-7/h4-6H,1-3H3. The zero-order chi connectivity index (χ0) is 9.19. The summed E-state index contributed by atoms with van der Waals surface area (Å²) in [6.45, 7) is 3.55. The topological polar surface area (TPSA) is 26.3 Å². The smallest absolute Gasteiger partial charge is 0.203 e. The molecular formula is C9H12O2S. The Balaban J connectivity index is 2.86. The highest BCUT2D eigenvalue weighted by Crippen LogP contribution is 2.19. The monoisotopic (exact) mass is 184 g/mol. The molecule has 3 heteroatoms. The summed E-state index contributed by atoms with van der Waals surface area (Å²) in [5.41, 5.74) is -0.704. The zero-order valence-corrected chi connectivity index (χ0v) is 8.27. The van der Waals surface area contributed by atoms with Crippen LogP contribution in [0.3, 0.4) is 0 Å². The average Bonchev–Trinajstić information content (AvgIpc) is 2.55. The highest BCUT2D eigenvalue weighted by molar-refractivity contribution is 7.12. The van der Waals surface area contributed by atoms with Crippen LogP contribution in [0.5, 0.6) is 0 Å². The lowest BCUT2D eigenvalue weighted by atomic mass is 10.0. The maximum atomic E-state index is 11.6. The molecule has 0 aliphatic heterocycles. The van der Waals surface area contributed by atoms with Gasteiger partial charge in [-0.2, -0.15) is 0 Å². The normalized spacial score (nSPS) is 11.6. The van der Waals surface area contributed by atoms with Gasteiger partial charge in [0, 0.05) is 7.11 Å². The van der Waals surface area contributed by atoms with E-state index in [2.05, 4.69) is 0 Å². The lowest BCUT2D eigenvalue weighted by molar-refractivity contribution is 0.0232. The summed E-state index contributed by atoms with van der Waals surface area (Å²) >= 11 is 1.44. The third-order valence-corrected chi connectivity index (χ3v) is 2.67. The molecule has 0 aromatic carbocycles. The Morgan fingerprint density at radius 1 is 1.58 bits per heavy atom. The van der Waals surface area contributed by atoms with Gasteiger partial charge >= 0.3 is 0 Å². The number of methoxy groups -OCH3 is 1. The number of ether oxygens (including phenoxy) is 1. The van der Waals surface area contributed by atoms with E-state index in [0.717, 1.165) is 4.88 Å². The molecule has 0 N–H and O–H groups in total. The second kappa shape index (κ2) is 3.37. The molecule has 0 spiro atoms. The van der Waals surface area contributed by atoms with Gasteiger partial charge in [0.1, 0.15) is 5.60 Å². The Bertz CT molecular complexity index is 262. The quantitative estimate of drug-likeness (QED) is 0.674. The fourth-order valence-electron chi connectivity index (χ4n) is 0.797. The van der Waals surface area contributed by atoms with Gasteiger partial charge in [-0.25, -0.2) is 0 Å². The first kappa shape index (κ1) is 9.42. The van der Waals surface area contributed by atoms with Crippen molar-refractivity contribution in [3.63, 3.8) is 0 Å². The Kier molecular flexibility index (Phi) is 2.65. The summed E-state index contributed by atoms with van der Waals surface area (Å²) in [6, 6.07) is 3.68. The predicted molar refractivity (Wildman–Crippen MR) is 49.7 cm³/mol. The first-order valence-corrected chi connectivity index (χ1v) is 4.59. The van der Waals surface area contributed by atoms with Crippen molar-refractivity contribution in [2.45, 2.75) is 19.4 Å². The Hall–Kier alpha value is -0.670. The van der Waals surface area contributed by atoms with E-state index in [1.54, 1.807) is 21.0 Å². The molecule has 1 aromatic rings. The molecule has 0 aliphatic rings. The molecule has 1 heterocycles. The van der Waals surface area contributed by atoms with Crippen LogP contribution < -0.4 is 0 Å². The van der Waals surface area contributed by atoms with E-state index < -0.39 is 5.60 Å². The summed E-state index contributed by atoms with van der Waals surface area (Å²) in [5.74, 6) is 0.0417. The number of Topliss-reactive ketones (excluding diaryl/α,β-unsaturated/α-hetero) is 1. The summed E-state index contributed by atoms with van der Waals surface area (Å²) < 4.78 is 5.08. The molecule has 66 valence electrons. The van der Waals surface area contributed by atoms with Crippen molar-refractivity contribution in [2.24, 2.45) is 0 Å². The molecule has 2 nitrogen and oxygen atoms in total. The molecule has 0 radical (unpaired) electrons. The Morgan fingerprint density at radius 3 is 2.67 bits per heavy atom. The highest BCUT2D eigenvalue weighted by Gasteiger charge is 2.28. The van der Waals surface area contributed by atoms with Gasteiger partial charge in [-0.15, -0.1) is 11.3 Å². The van der Waals surface area contributed by atoms with Crippen LogP contribution in [0, 0.1) is 0 Å². The van der Waals surface area contributed by atoms with Crippen molar-refractivity contribution in [3.05, 3.63) is 22.4 Å². The van der Waals surface area contributed by atoms with Crippen LogP contribution >= 0.6 is 11.3 Å². The third kappa shape index (κ3) is 1.73. The SMILES string of the molecule is COC(C)(C)C(=O)c1cccs1. The number of hydrogen-bond acceptors (Lipinski definition) is 3. The van der Waals surface area contributed by atoms with E-state index in [0.29, 0.717) is 0 Å². The summed E-state index contributed by atoms with van der Waals surface area (Å²) in [5, 5.41) is 1.89. The van der Waals surface area contributed by atoms with E-state index in [1.165, 1.54) is 11.3 Å². The largest absolute Gasteiger partial charge is 0.371 e. The first-order chi connectivity index (χ1) is 5.58. The molecule has 12 heavy (non-hydrogen) atoms. The van der Waals surface area contributed by atoms with Crippen LogP contribution in [0.2, 0.25) is 0 Å². The van der Waals surface area contributed by atoms with Crippen molar-refractivity contribution in [1.29, 1.82) is 0 Å². The number of hydrogen-bond donors (Lipinski definition) is 0. The van der Waals surface area contributed by atoms with Crippen LogP contribution in [0.1, 0.15) is 23.5 Å². The average molecular weight is 184 g/mol. The van der Waals surface area contributed by atoms with Crippen LogP contribution in [0.15, 0.2) is 17.5 Å². The molecule has 0 unspecified atom stereocenters. The predicted octanol–water partition coefficient (Wildman–Crippen LogP) is 2.36. The summed E-state index contributed by atoms with van der Waals surface area (Å²) in [6.07, 6.45) is 0. The van der Waals surface area contributed by atoms with Gasteiger partial charge in [0.2, 0.25) is 5.78 Å². The number of thiophene rings is 1. The lowest BCUT2D eigenvalue weighted by Gasteiger charge is -2.19. The minimum Gasteiger partial charge on any atom is -0.371 e. The minimum atomic E-state index is -0.704. The molecule has 0 aliphatic carbocycles. The van der Waals surface area contributed by atoms with Crippen molar-refractivity contribution in [3.8, 4) is 0 Å². The van der Waals surface area contributed by atoms with Crippen LogP contribution in [0.4, 0.5) is 0 Å². The lowest BCUT2D eigenvalue weighted by Crippen LogP contribution is -2.33. The van der Waals surface area contributed by atoms with Gasteiger partial charge in [-0.3, -0.25) is 4.79 Å². The van der Waals surface area contributed by atoms with Crippen molar-refractivity contribution < 1.29 is 9.53 Å². The van der Waals surface area contributed by atoms with Gasteiger partial charge in [-0.1, -0.05) is 6.07 Å².